The molecule has 0 aliphatic rings. The monoisotopic (exact) mass is 214 g/mol. The highest BCUT2D eigenvalue weighted by atomic mass is 16.1. The zero-order valence-electron chi connectivity index (χ0n) is 8.76. The number of hydrogen-bond acceptors (Lipinski definition) is 2. The number of primary amides is 1. The second-order valence-corrected chi connectivity index (χ2v) is 3.48. The Hall–Kier alpha value is -2.10. The van der Waals surface area contributed by atoms with Gasteiger partial charge in [0.25, 0.3) is 5.91 Å². The summed E-state index contributed by atoms with van der Waals surface area (Å²) in [6.45, 7) is 0.716. The molecule has 81 valence electrons. The van der Waals surface area contributed by atoms with Crippen LogP contribution in [0.3, 0.4) is 0 Å². The van der Waals surface area contributed by atoms with Crippen molar-refractivity contribution in [2.75, 3.05) is 0 Å². The topological polar surface area (TPSA) is 60.9 Å². The van der Waals surface area contributed by atoms with E-state index >= 15 is 0 Å². The molecule has 0 saturated carbocycles. The molecule has 0 spiro atoms. The maximum absolute atomic E-state index is 10.8. The van der Waals surface area contributed by atoms with Crippen LogP contribution in [0.25, 0.3) is 0 Å². The number of nitrogens with zero attached hydrogens (tertiary/aromatic N) is 2. The number of aryl methyl sites for hydroxylation is 2. The molecule has 1 aromatic heterocycles. The van der Waals surface area contributed by atoms with E-state index in [2.05, 4.69) is 23.3 Å². The molecule has 1 radical (unpaired) electrons. The molecule has 2 aromatic rings. The Morgan fingerprint density at radius 1 is 1.38 bits per heavy atom. The minimum absolute atomic E-state index is 0.188. The number of amides is 1. The Labute approximate surface area is 93.7 Å². The molecule has 1 aromatic carbocycles. The van der Waals surface area contributed by atoms with Crippen LogP contribution in [0.5, 0.6) is 0 Å². The Balaban J connectivity index is 1.97. The first-order chi connectivity index (χ1) is 7.75. The fourth-order valence-corrected chi connectivity index (χ4v) is 1.45. The lowest BCUT2D eigenvalue weighted by molar-refractivity contribution is 0.0994. The molecule has 0 saturated heterocycles. The van der Waals surface area contributed by atoms with Crippen molar-refractivity contribution in [3.63, 3.8) is 0 Å². The first-order valence-corrected chi connectivity index (χ1v) is 5.04. The van der Waals surface area contributed by atoms with Crippen LogP contribution in [0.4, 0.5) is 0 Å². The van der Waals surface area contributed by atoms with E-state index in [4.69, 9.17) is 5.73 Å². The van der Waals surface area contributed by atoms with Crippen molar-refractivity contribution < 1.29 is 4.79 Å². The lowest BCUT2D eigenvalue weighted by atomic mass is 10.2. The fraction of sp³-hybridized carbons (Fsp3) is 0.167. The van der Waals surface area contributed by atoms with E-state index in [1.165, 1.54) is 5.56 Å². The number of nitrogens with two attached hydrogens (primary N) is 1. The van der Waals surface area contributed by atoms with Gasteiger partial charge in [0.05, 0.1) is 0 Å². The highest BCUT2D eigenvalue weighted by Gasteiger charge is 2.04. The van der Waals surface area contributed by atoms with Crippen LogP contribution in [-0.4, -0.2) is 15.7 Å². The molecule has 0 aliphatic heterocycles. The van der Waals surface area contributed by atoms with Gasteiger partial charge in [-0.1, -0.05) is 30.3 Å². The predicted molar refractivity (Wildman–Crippen MR) is 59.7 cm³/mol. The van der Waals surface area contributed by atoms with Crippen molar-refractivity contribution >= 4 is 5.91 Å². The van der Waals surface area contributed by atoms with E-state index in [-0.39, 0.29) is 5.69 Å². The average molecular weight is 214 g/mol. The van der Waals surface area contributed by atoms with Gasteiger partial charge in [0.2, 0.25) is 0 Å². The van der Waals surface area contributed by atoms with Gasteiger partial charge in [-0.3, -0.25) is 9.48 Å². The van der Waals surface area contributed by atoms with Crippen molar-refractivity contribution in [2.24, 2.45) is 5.73 Å². The minimum Gasteiger partial charge on any atom is -0.364 e. The third kappa shape index (κ3) is 2.48. The summed E-state index contributed by atoms with van der Waals surface area (Å²) in [5.41, 5.74) is 6.51. The van der Waals surface area contributed by atoms with Gasteiger partial charge in [0, 0.05) is 18.8 Å². The molecule has 4 heteroatoms. The van der Waals surface area contributed by atoms with E-state index in [0.29, 0.717) is 6.54 Å². The van der Waals surface area contributed by atoms with Crippen molar-refractivity contribution in [2.45, 2.75) is 13.0 Å². The molecule has 0 unspecified atom stereocenters. The van der Waals surface area contributed by atoms with Gasteiger partial charge in [0.15, 0.2) is 5.69 Å². The lowest BCUT2D eigenvalue weighted by Crippen LogP contribution is -2.13. The van der Waals surface area contributed by atoms with Gasteiger partial charge in [-0.2, -0.15) is 5.10 Å². The molecule has 4 nitrogen and oxygen atoms in total. The van der Waals surface area contributed by atoms with Gasteiger partial charge < -0.3 is 5.73 Å². The van der Waals surface area contributed by atoms with Crippen LogP contribution in [0, 0.1) is 6.07 Å². The first-order valence-electron chi connectivity index (χ1n) is 5.04. The van der Waals surface area contributed by atoms with Crippen molar-refractivity contribution in [3.8, 4) is 0 Å². The summed E-state index contributed by atoms with van der Waals surface area (Å²) in [4.78, 5) is 10.8. The van der Waals surface area contributed by atoms with E-state index in [0.717, 1.165) is 6.42 Å². The van der Waals surface area contributed by atoms with Gasteiger partial charge in [-0.05, 0) is 12.0 Å². The SMILES string of the molecule is NC(=O)c1[c]cn(CCc2ccccc2)n1. The maximum atomic E-state index is 10.8. The summed E-state index contributed by atoms with van der Waals surface area (Å²) in [5.74, 6) is -0.543. The lowest BCUT2D eigenvalue weighted by Gasteiger charge is -2.01. The van der Waals surface area contributed by atoms with E-state index in [1.807, 2.05) is 18.2 Å². The molecule has 0 fully saturated rings. The molecule has 1 amide bonds. The third-order valence-electron chi connectivity index (χ3n) is 2.28. The molecule has 0 atom stereocenters. The highest BCUT2D eigenvalue weighted by molar-refractivity contribution is 5.90. The third-order valence-corrected chi connectivity index (χ3v) is 2.28. The number of hydrogen-bond donors (Lipinski definition) is 1. The van der Waals surface area contributed by atoms with Crippen molar-refractivity contribution in [1.82, 2.24) is 9.78 Å². The molecule has 16 heavy (non-hydrogen) atoms. The zero-order valence-corrected chi connectivity index (χ0v) is 8.76. The Morgan fingerprint density at radius 2 is 2.12 bits per heavy atom. The van der Waals surface area contributed by atoms with E-state index < -0.39 is 5.91 Å². The summed E-state index contributed by atoms with van der Waals surface area (Å²) in [5, 5.41) is 4.01. The largest absolute Gasteiger partial charge is 0.364 e. The molecule has 0 aliphatic carbocycles. The normalized spacial score (nSPS) is 10.2. The fourth-order valence-electron chi connectivity index (χ4n) is 1.45. The molecule has 1 heterocycles. The number of rotatable bonds is 4. The molecule has 2 rings (SSSR count). The standard InChI is InChI=1S/C12H12N3O/c13-12(16)11-7-9-15(14-11)8-6-10-4-2-1-3-5-10/h1-5,9H,6,8H2,(H2,13,16). The number of benzene rings is 1. The summed E-state index contributed by atoms with van der Waals surface area (Å²) >= 11 is 0. The quantitative estimate of drug-likeness (QED) is 0.826. The zero-order chi connectivity index (χ0) is 11.4. The predicted octanol–water partition coefficient (Wildman–Crippen LogP) is 1.02. The van der Waals surface area contributed by atoms with Gasteiger partial charge in [0.1, 0.15) is 0 Å². The second kappa shape index (κ2) is 4.61. The van der Waals surface area contributed by atoms with E-state index in [1.54, 1.807) is 10.9 Å². The summed E-state index contributed by atoms with van der Waals surface area (Å²) in [7, 11) is 0. The minimum atomic E-state index is -0.543. The van der Waals surface area contributed by atoms with Crippen molar-refractivity contribution in [3.05, 3.63) is 53.9 Å². The number of aromatic nitrogens is 2. The second-order valence-electron chi connectivity index (χ2n) is 3.48. The number of carbonyl (C=O) groups excluding carboxylic acids is 1. The average Bonchev–Trinajstić information content (AvgIpc) is 2.76. The van der Waals surface area contributed by atoms with Crippen LogP contribution >= 0.6 is 0 Å². The Morgan fingerprint density at radius 3 is 2.75 bits per heavy atom. The molecule has 2 N–H and O–H groups in total. The smallest absolute Gasteiger partial charge is 0.269 e. The van der Waals surface area contributed by atoms with Gasteiger partial charge in [-0.15, -0.1) is 0 Å². The molecular formula is C12H12N3O. The Kier molecular flexibility index (Phi) is 3.00. The summed E-state index contributed by atoms with van der Waals surface area (Å²) < 4.78 is 1.67. The maximum Gasteiger partial charge on any atom is 0.269 e. The Bertz CT molecular complexity index is 476. The van der Waals surface area contributed by atoms with Crippen LogP contribution in [0.15, 0.2) is 36.5 Å². The van der Waals surface area contributed by atoms with Crippen molar-refractivity contribution in [1.29, 1.82) is 0 Å². The summed E-state index contributed by atoms with van der Waals surface area (Å²) in [6.07, 6.45) is 2.51. The first kappa shape index (κ1) is 10.4. The highest BCUT2D eigenvalue weighted by Crippen LogP contribution is 2.02. The van der Waals surface area contributed by atoms with Crippen LogP contribution in [0.1, 0.15) is 16.1 Å². The van der Waals surface area contributed by atoms with Crippen LogP contribution < -0.4 is 5.73 Å². The van der Waals surface area contributed by atoms with E-state index in [9.17, 15) is 4.79 Å². The van der Waals surface area contributed by atoms with Crippen LogP contribution in [0.2, 0.25) is 0 Å². The molecule has 0 bridgehead atoms. The molecular weight excluding hydrogens is 202 g/mol. The van der Waals surface area contributed by atoms with Crippen LogP contribution in [-0.2, 0) is 13.0 Å². The van der Waals surface area contributed by atoms with Gasteiger partial charge in [-0.25, -0.2) is 0 Å². The summed E-state index contributed by atoms with van der Waals surface area (Å²) in [6, 6.07) is 12.8. The number of carbonyl (C=O) groups is 1. The van der Waals surface area contributed by atoms with Gasteiger partial charge >= 0.3 is 0 Å².